The first kappa shape index (κ1) is 10.7. The average molecular weight is 188 g/mol. The van der Waals surface area contributed by atoms with Crippen LogP contribution in [0.1, 0.15) is 18.4 Å². The Bertz CT molecular complexity index is 277. The first-order chi connectivity index (χ1) is 6.86. The quantitative estimate of drug-likeness (QED) is 0.495. The Morgan fingerprint density at radius 1 is 1.29 bits per heavy atom. The molecule has 1 atom stereocenters. The zero-order valence-corrected chi connectivity index (χ0v) is 8.36. The molecule has 1 nitrogen and oxygen atoms in total. The van der Waals surface area contributed by atoms with Gasteiger partial charge in [-0.05, 0) is 24.8 Å². The predicted octanol–water partition coefficient (Wildman–Crippen LogP) is 3.01. The molecule has 1 aromatic carbocycles. The molecule has 0 aliphatic carbocycles. The van der Waals surface area contributed by atoms with E-state index in [9.17, 15) is 4.79 Å². The molecule has 1 unspecified atom stereocenters. The van der Waals surface area contributed by atoms with Crippen LogP contribution in [0.3, 0.4) is 0 Å². The molecule has 0 aliphatic heterocycles. The van der Waals surface area contributed by atoms with Gasteiger partial charge in [0.25, 0.3) is 0 Å². The van der Waals surface area contributed by atoms with Crippen LogP contribution < -0.4 is 0 Å². The highest BCUT2D eigenvalue weighted by Crippen LogP contribution is 2.12. The van der Waals surface area contributed by atoms with E-state index in [4.69, 9.17) is 0 Å². The fraction of sp³-hybridized carbons (Fsp3) is 0.308. The Kier molecular flexibility index (Phi) is 4.70. The number of hydrogen-bond acceptors (Lipinski definition) is 1. The largest absolute Gasteiger partial charge is 0.303 e. The van der Waals surface area contributed by atoms with Gasteiger partial charge in [-0.1, -0.05) is 36.4 Å². The molecule has 1 rings (SSSR count). The van der Waals surface area contributed by atoms with Crippen molar-refractivity contribution in [2.75, 3.05) is 0 Å². The molecule has 0 fully saturated rings. The molecule has 1 aromatic rings. The first-order valence-electron chi connectivity index (χ1n) is 4.97. The average Bonchev–Trinajstić information content (AvgIpc) is 2.25. The number of carbonyl (C=O) groups is 1. The van der Waals surface area contributed by atoms with Crippen molar-refractivity contribution in [3.05, 3.63) is 48.6 Å². The zero-order valence-electron chi connectivity index (χ0n) is 8.36. The molecule has 0 heterocycles. The second-order valence-electron chi connectivity index (χ2n) is 3.45. The van der Waals surface area contributed by atoms with Crippen LogP contribution in [-0.4, -0.2) is 6.29 Å². The molecule has 0 spiro atoms. The van der Waals surface area contributed by atoms with Crippen molar-refractivity contribution in [3.8, 4) is 0 Å². The lowest BCUT2D eigenvalue weighted by Gasteiger charge is -2.08. The van der Waals surface area contributed by atoms with E-state index in [0.717, 1.165) is 25.5 Å². The normalized spacial score (nSPS) is 12.0. The van der Waals surface area contributed by atoms with Crippen molar-refractivity contribution in [1.82, 2.24) is 0 Å². The third kappa shape index (κ3) is 3.56. The summed E-state index contributed by atoms with van der Waals surface area (Å²) in [4.78, 5) is 10.8. The fourth-order valence-electron chi connectivity index (χ4n) is 1.47. The number of benzene rings is 1. The molecule has 0 radical (unpaired) electrons. The summed E-state index contributed by atoms with van der Waals surface area (Å²) in [5, 5.41) is 0. The lowest BCUT2D eigenvalue weighted by molar-refractivity contribution is -0.111. The Balaban J connectivity index is 2.48. The van der Waals surface area contributed by atoms with Gasteiger partial charge in [0.1, 0.15) is 6.29 Å². The maximum absolute atomic E-state index is 10.8. The molecule has 0 aliphatic rings. The lowest BCUT2D eigenvalue weighted by atomic mass is 9.96. The van der Waals surface area contributed by atoms with Crippen LogP contribution in [0.4, 0.5) is 0 Å². The smallest absolute Gasteiger partial charge is 0.123 e. The molecular weight excluding hydrogens is 172 g/mol. The second-order valence-corrected chi connectivity index (χ2v) is 3.45. The van der Waals surface area contributed by atoms with Crippen molar-refractivity contribution < 1.29 is 4.79 Å². The second kappa shape index (κ2) is 6.14. The van der Waals surface area contributed by atoms with E-state index >= 15 is 0 Å². The SMILES string of the molecule is C=CCCC(C=O)Cc1ccccc1. The Morgan fingerprint density at radius 2 is 2.00 bits per heavy atom. The zero-order chi connectivity index (χ0) is 10.2. The third-order valence-corrected chi connectivity index (χ3v) is 2.27. The monoisotopic (exact) mass is 188 g/mol. The third-order valence-electron chi connectivity index (χ3n) is 2.27. The van der Waals surface area contributed by atoms with Crippen LogP contribution in [0.15, 0.2) is 43.0 Å². The van der Waals surface area contributed by atoms with Crippen LogP contribution in [0.2, 0.25) is 0 Å². The van der Waals surface area contributed by atoms with Gasteiger partial charge >= 0.3 is 0 Å². The summed E-state index contributed by atoms with van der Waals surface area (Å²) in [5.74, 6) is 0.135. The highest BCUT2D eigenvalue weighted by molar-refractivity contribution is 5.54. The van der Waals surface area contributed by atoms with Gasteiger partial charge in [0.05, 0.1) is 0 Å². The molecule has 0 saturated heterocycles. The highest BCUT2D eigenvalue weighted by atomic mass is 16.1. The fourth-order valence-corrected chi connectivity index (χ4v) is 1.47. The van der Waals surface area contributed by atoms with Gasteiger partial charge in [0.15, 0.2) is 0 Å². The van der Waals surface area contributed by atoms with Crippen LogP contribution in [0, 0.1) is 5.92 Å². The Hall–Kier alpha value is -1.37. The van der Waals surface area contributed by atoms with Crippen molar-refractivity contribution in [3.63, 3.8) is 0 Å². The van der Waals surface area contributed by atoms with Crippen molar-refractivity contribution in [2.24, 2.45) is 5.92 Å². The van der Waals surface area contributed by atoms with Gasteiger partial charge in [0, 0.05) is 5.92 Å². The van der Waals surface area contributed by atoms with Crippen molar-refractivity contribution in [1.29, 1.82) is 0 Å². The molecular formula is C13H16O. The number of carbonyl (C=O) groups excluding carboxylic acids is 1. The van der Waals surface area contributed by atoms with Gasteiger partial charge in [-0.2, -0.15) is 0 Å². The van der Waals surface area contributed by atoms with E-state index < -0.39 is 0 Å². The molecule has 0 aromatic heterocycles. The summed E-state index contributed by atoms with van der Waals surface area (Å²) >= 11 is 0. The van der Waals surface area contributed by atoms with Gasteiger partial charge < -0.3 is 4.79 Å². The topological polar surface area (TPSA) is 17.1 Å². The summed E-state index contributed by atoms with van der Waals surface area (Å²) in [5.41, 5.74) is 1.23. The van der Waals surface area contributed by atoms with E-state index in [1.807, 2.05) is 24.3 Å². The number of hydrogen-bond donors (Lipinski definition) is 0. The minimum Gasteiger partial charge on any atom is -0.303 e. The lowest BCUT2D eigenvalue weighted by Crippen LogP contribution is -2.05. The summed E-state index contributed by atoms with van der Waals surface area (Å²) < 4.78 is 0. The molecule has 74 valence electrons. The van der Waals surface area contributed by atoms with Gasteiger partial charge in [-0.25, -0.2) is 0 Å². The molecule has 1 heteroatoms. The summed E-state index contributed by atoms with van der Waals surface area (Å²) in [6.07, 6.45) is 5.58. The first-order valence-corrected chi connectivity index (χ1v) is 4.97. The van der Waals surface area contributed by atoms with Crippen LogP contribution in [-0.2, 0) is 11.2 Å². The van der Waals surface area contributed by atoms with Crippen LogP contribution in [0.25, 0.3) is 0 Å². The van der Waals surface area contributed by atoms with E-state index in [1.165, 1.54) is 5.56 Å². The minimum absolute atomic E-state index is 0.135. The maximum Gasteiger partial charge on any atom is 0.123 e. The summed E-state index contributed by atoms with van der Waals surface area (Å²) in [7, 11) is 0. The predicted molar refractivity (Wildman–Crippen MR) is 59.1 cm³/mol. The van der Waals surface area contributed by atoms with Crippen LogP contribution in [0.5, 0.6) is 0 Å². The number of rotatable bonds is 6. The van der Waals surface area contributed by atoms with Crippen molar-refractivity contribution in [2.45, 2.75) is 19.3 Å². The number of aldehydes is 1. The maximum atomic E-state index is 10.8. The number of allylic oxidation sites excluding steroid dienone is 1. The Morgan fingerprint density at radius 3 is 2.57 bits per heavy atom. The van der Waals surface area contributed by atoms with E-state index in [1.54, 1.807) is 0 Å². The Labute approximate surface area is 85.5 Å². The molecule has 0 amide bonds. The van der Waals surface area contributed by atoms with Crippen molar-refractivity contribution >= 4 is 6.29 Å². The van der Waals surface area contributed by atoms with E-state index in [0.29, 0.717) is 0 Å². The highest BCUT2D eigenvalue weighted by Gasteiger charge is 2.06. The van der Waals surface area contributed by atoms with Gasteiger partial charge in [0.2, 0.25) is 0 Å². The minimum atomic E-state index is 0.135. The summed E-state index contributed by atoms with van der Waals surface area (Å²) in [6, 6.07) is 10.1. The van der Waals surface area contributed by atoms with Gasteiger partial charge in [-0.15, -0.1) is 6.58 Å². The van der Waals surface area contributed by atoms with Gasteiger partial charge in [-0.3, -0.25) is 0 Å². The molecule has 0 bridgehead atoms. The standard InChI is InChI=1S/C13H16O/c1-2-3-7-13(11-14)10-12-8-5-4-6-9-12/h2,4-6,8-9,11,13H,1,3,7,10H2. The van der Waals surface area contributed by atoms with E-state index in [-0.39, 0.29) is 5.92 Å². The van der Waals surface area contributed by atoms with Crippen LogP contribution >= 0.6 is 0 Å². The molecule has 0 N–H and O–H groups in total. The summed E-state index contributed by atoms with van der Waals surface area (Å²) in [6.45, 7) is 3.66. The molecule has 0 saturated carbocycles. The van der Waals surface area contributed by atoms with E-state index in [2.05, 4.69) is 18.7 Å². The molecule has 14 heavy (non-hydrogen) atoms.